The Kier molecular flexibility index (Phi) is 16.0. The molecule has 0 N–H and O–H groups in total. The van der Waals surface area contributed by atoms with Crippen LogP contribution < -0.4 is 0 Å². The van der Waals surface area contributed by atoms with Crippen LogP contribution in [0, 0.1) is 18.2 Å². The molecule has 3 nitrogen and oxygen atoms in total. The van der Waals surface area contributed by atoms with E-state index in [1.54, 1.807) is 0 Å². The van der Waals surface area contributed by atoms with E-state index in [0.29, 0.717) is 0 Å². The summed E-state index contributed by atoms with van der Waals surface area (Å²) >= 11 is 0. The van der Waals surface area contributed by atoms with Crippen LogP contribution in [0.15, 0.2) is 292 Å². The molecular weight excluding hydrogens is 1170 g/mol. The molecule has 0 fully saturated rings. The fourth-order valence-electron chi connectivity index (χ4n) is 11.2. The second kappa shape index (κ2) is 24.8. The maximum absolute atomic E-state index is 5.16. The average molecular weight is 1230 g/mol. The van der Waals surface area contributed by atoms with Crippen LogP contribution in [0.2, 0.25) is 0 Å². The summed E-state index contributed by atoms with van der Waals surface area (Å²) in [5.74, 6) is 0. The van der Waals surface area contributed by atoms with E-state index in [1.165, 1.54) is 33.4 Å². The maximum atomic E-state index is 5.16. The van der Waals surface area contributed by atoms with Gasteiger partial charge in [0.05, 0.1) is 0 Å². The summed E-state index contributed by atoms with van der Waals surface area (Å²) < 4.78 is 0. The number of rotatable bonds is 15. The molecule has 3 heterocycles. The molecule has 0 saturated heterocycles. The van der Waals surface area contributed by atoms with E-state index < -0.39 is 0 Å². The van der Waals surface area contributed by atoms with Crippen molar-refractivity contribution in [1.82, 2.24) is 15.0 Å². The van der Waals surface area contributed by atoms with Crippen molar-refractivity contribution in [2.45, 2.75) is 19.3 Å². The van der Waals surface area contributed by atoms with Crippen molar-refractivity contribution in [2.24, 2.45) is 0 Å². The van der Waals surface area contributed by atoms with Crippen molar-refractivity contribution in [1.29, 1.82) is 0 Å². The molecular formula is C78H54IrN3. The third-order valence-electron chi connectivity index (χ3n) is 15.2. The van der Waals surface area contributed by atoms with Crippen molar-refractivity contribution in [3.05, 3.63) is 343 Å². The molecule has 4 heteroatoms. The van der Waals surface area contributed by atoms with E-state index >= 15 is 0 Å². The second-order valence-corrected chi connectivity index (χ2v) is 20.4. The van der Waals surface area contributed by atoms with Crippen molar-refractivity contribution >= 4 is 0 Å². The first-order chi connectivity index (χ1) is 40.1. The number of hydrogen-bond donors (Lipinski definition) is 0. The number of benzene rings is 10. The monoisotopic (exact) mass is 1230 g/mol. The minimum Gasteiger partial charge on any atom is -0.304 e. The van der Waals surface area contributed by atoms with Crippen LogP contribution in [0.3, 0.4) is 0 Å². The Bertz CT molecular complexity index is 3830. The number of hydrogen-bond acceptors (Lipinski definition) is 3. The molecule has 0 saturated carbocycles. The van der Waals surface area contributed by atoms with Gasteiger partial charge in [0, 0.05) is 35.3 Å². The Balaban J connectivity index is 0.00000665. The fourth-order valence-corrected chi connectivity index (χ4v) is 11.2. The quantitative estimate of drug-likeness (QED) is 0.0960. The fraction of sp³-hybridized carbons (Fsp3) is 0.0385. The van der Waals surface area contributed by atoms with E-state index in [4.69, 9.17) is 15.0 Å². The largest absolute Gasteiger partial charge is 3.00 e. The molecule has 390 valence electrons. The molecule has 13 aromatic rings. The van der Waals surface area contributed by atoms with Gasteiger partial charge < -0.3 is 15.0 Å². The normalized spacial score (nSPS) is 11.0. The summed E-state index contributed by atoms with van der Waals surface area (Å²) in [6.07, 6.45) is 8.41. The number of pyridine rings is 3. The first kappa shape index (κ1) is 53.0. The van der Waals surface area contributed by atoms with Crippen LogP contribution in [-0.2, 0) is 39.4 Å². The Morgan fingerprint density at radius 3 is 0.768 bits per heavy atom. The topological polar surface area (TPSA) is 38.7 Å². The van der Waals surface area contributed by atoms with E-state index in [0.717, 1.165) is 120 Å². The van der Waals surface area contributed by atoms with E-state index in [2.05, 4.69) is 255 Å². The molecule has 3 aromatic heterocycles. The Hall–Kier alpha value is -9.70. The average Bonchev–Trinajstić information content (AvgIpc) is 3.65. The molecule has 0 unspecified atom stereocenters. The van der Waals surface area contributed by atoms with Crippen LogP contribution in [-0.4, -0.2) is 15.0 Å². The first-order valence-corrected chi connectivity index (χ1v) is 27.6. The third kappa shape index (κ3) is 11.6. The van der Waals surface area contributed by atoms with Gasteiger partial charge in [-0.05, 0) is 138 Å². The van der Waals surface area contributed by atoms with Gasteiger partial charge in [0.15, 0.2) is 0 Å². The van der Waals surface area contributed by atoms with Gasteiger partial charge in [0.2, 0.25) is 0 Å². The van der Waals surface area contributed by atoms with Crippen LogP contribution in [0.4, 0.5) is 0 Å². The smallest absolute Gasteiger partial charge is 0.304 e. The van der Waals surface area contributed by atoms with Gasteiger partial charge in [-0.1, -0.05) is 182 Å². The van der Waals surface area contributed by atoms with Crippen LogP contribution in [0.1, 0.15) is 33.4 Å². The van der Waals surface area contributed by atoms with Gasteiger partial charge in [-0.15, -0.1) is 108 Å². The van der Waals surface area contributed by atoms with Crippen LogP contribution in [0.5, 0.6) is 0 Å². The molecule has 82 heavy (non-hydrogen) atoms. The number of nitrogens with zero attached hydrogens (tertiary/aromatic N) is 3. The molecule has 0 atom stereocenters. The predicted molar refractivity (Wildman–Crippen MR) is 333 cm³/mol. The van der Waals surface area contributed by atoms with Gasteiger partial charge in [0.1, 0.15) is 0 Å². The molecule has 0 radical (unpaired) electrons. The molecule has 10 aromatic carbocycles. The third-order valence-corrected chi connectivity index (χ3v) is 15.2. The molecule has 0 amide bonds. The van der Waals surface area contributed by atoms with Crippen LogP contribution in [0.25, 0.3) is 101 Å². The summed E-state index contributed by atoms with van der Waals surface area (Å²) in [7, 11) is 0. The molecule has 0 aliphatic heterocycles. The Morgan fingerprint density at radius 2 is 0.500 bits per heavy atom. The summed E-state index contributed by atoms with van der Waals surface area (Å²) in [4.78, 5) is 15.5. The minimum atomic E-state index is 0. The standard InChI is InChI=1S/C78H54N3.Ir/c1-7-25-55(26-8-1)43-61-49-76(58-31-13-4-14-32-58)79-52-73(61)70-40-22-19-37-67(70)64-46-65(68-38-20-23-41-71(68)74-53-80-77(59-33-15-5-16-34-59)50-62(74)44-56-27-9-2-10-28-56)48-66(47-64)69-39-21-24-42-72(69)75-54-81-78(60-35-17-6-18-36-60)51-63(75)45-57-29-11-3-12-30-57;/h1-31,33,35,37-42,46-54H,43-45H2;/q-3;+3. The molecule has 0 bridgehead atoms. The Labute approximate surface area is 494 Å². The SMILES string of the molecule is [Ir+3].[c-]1ccccc1-c1cc(Cc2ccccc2)c(-c2ccccc2-c2cc(-c3ccccc3-c3cnc(-c4[c-]cccc4)cc3Cc3ccccc3)cc(-c3ccccc3-c3cnc(-c4[c-]cccc4)cc3Cc3ccccc3)c2)cn1. The van der Waals surface area contributed by atoms with Gasteiger partial charge in [-0.2, -0.15) is 0 Å². The van der Waals surface area contributed by atoms with Gasteiger partial charge >= 0.3 is 20.1 Å². The van der Waals surface area contributed by atoms with Gasteiger partial charge in [-0.25, -0.2) is 0 Å². The molecule has 0 aliphatic rings. The van der Waals surface area contributed by atoms with Gasteiger partial charge in [-0.3, -0.25) is 0 Å². The molecule has 0 aliphatic carbocycles. The summed E-state index contributed by atoms with van der Waals surface area (Å²) in [5, 5.41) is 0. The number of aromatic nitrogens is 3. The summed E-state index contributed by atoms with van der Waals surface area (Å²) in [6.45, 7) is 0. The van der Waals surface area contributed by atoms with Crippen molar-refractivity contribution in [3.8, 4) is 101 Å². The van der Waals surface area contributed by atoms with E-state index in [9.17, 15) is 0 Å². The first-order valence-electron chi connectivity index (χ1n) is 27.6. The summed E-state index contributed by atoms with van der Waals surface area (Å²) in [5.41, 5.74) is 26.0. The van der Waals surface area contributed by atoms with Crippen LogP contribution >= 0.6 is 0 Å². The predicted octanol–water partition coefficient (Wildman–Crippen LogP) is 19.0. The maximum Gasteiger partial charge on any atom is 3.00 e. The Morgan fingerprint density at radius 1 is 0.244 bits per heavy atom. The van der Waals surface area contributed by atoms with Crippen molar-refractivity contribution in [3.63, 3.8) is 0 Å². The van der Waals surface area contributed by atoms with E-state index in [1.807, 2.05) is 54.6 Å². The minimum absolute atomic E-state index is 0. The van der Waals surface area contributed by atoms with E-state index in [-0.39, 0.29) is 20.1 Å². The van der Waals surface area contributed by atoms with Crippen molar-refractivity contribution in [2.75, 3.05) is 0 Å². The molecule has 0 spiro atoms. The zero-order chi connectivity index (χ0) is 54.2. The summed E-state index contributed by atoms with van der Waals surface area (Å²) in [6, 6.07) is 107. The molecule has 13 rings (SSSR count). The van der Waals surface area contributed by atoms with Gasteiger partial charge in [0.25, 0.3) is 0 Å². The zero-order valence-electron chi connectivity index (χ0n) is 45.0. The van der Waals surface area contributed by atoms with Crippen molar-refractivity contribution < 1.29 is 20.1 Å². The second-order valence-electron chi connectivity index (χ2n) is 20.4. The zero-order valence-corrected chi connectivity index (χ0v) is 47.4.